The Morgan fingerprint density at radius 3 is 2.48 bits per heavy atom. The van der Waals surface area contributed by atoms with E-state index in [1.54, 1.807) is 13.0 Å². The van der Waals surface area contributed by atoms with Crippen LogP contribution in [0.1, 0.15) is 32.6 Å². The molecule has 0 spiro atoms. The number of nitrogens with two attached hydrogens (primary N) is 1. The van der Waals surface area contributed by atoms with E-state index < -0.39 is 29.0 Å². The molecule has 0 fully saturated rings. The number of rotatable bonds is 7. The van der Waals surface area contributed by atoms with Crippen LogP contribution in [0.5, 0.6) is 0 Å². The zero-order valence-corrected chi connectivity index (χ0v) is 18.4. The van der Waals surface area contributed by atoms with Gasteiger partial charge < -0.3 is 11.2 Å². The predicted molar refractivity (Wildman–Crippen MR) is 120 cm³/mol. The van der Waals surface area contributed by atoms with Gasteiger partial charge >= 0.3 is 0 Å². The first-order valence-corrected chi connectivity index (χ1v) is 10.3. The zero-order chi connectivity index (χ0) is 24.1. The fourth-order valence-corrected chi connectivity index (χ4v) is 3.38. The summed E-state index contributed by atoms with van der Waals surface area (Å²) in [6, 6.07) is 9.02. The molecule has 0 aliphatic carbocycles. The van der Waals surface area contributed by atoms with Crippen LogP contribution in [0.4, 0.5) is 8.78 Å². The van der Waals surface area contributed by atoms with E-state index in [4.69, 9.17) is 17.3 Å². The Morgan fingerprint density at radius 1 is 1.06 bits per heavy atom. The van der Waals surface area contributed by atoms with E-state index >= 15 is 0 Å². The van der Waals surface area contributed by atoms with Crippen molar-refractivity contribution < 1.29 is 18.4 Å². The number of halogens is 3. The molecule has 2 aromatic carbocycles. The van der Waals surface area contributed by atoms with Gasteiger partial charge in [-0.1, -0.05) is 17.7 Å². The lowest BCUT2D eigenvalue weighted by Gasteiger charge is -2.14. The van der Waals surface area contributed by atoms with Crippen molar-refractivity contribution in [3.8, 4) is 0 Å². The summed E-state index contributed by atoms with van der Waals surface area (Å²) in [5, 5.41) is 2.49. The number of carbonyl (C=O) groups is 2. The molecule has 0 bridgehead atoms. The second-order valence-corrected chi connectivity index (χ2v) is 7.69. The van der Waals surface area contributed by atoms with Gasteiger partial charge in [0.25, 0.3) is 11.5 Å². The first-order chi connectivity index (χ1) is 15.7. The van der Waals surface area contributed by atoms with E-state index in [-0.39, 0.29) is 30.6 Å². The number of carbonyl (C=O) groups excluding carboxylic acids is 2. The Bertz CT molecular complexity index is 1280. The number of aromatic nitrogens is 1. The molecule has 0 aliphatic heterocycles. The van der Waals surface area contributed by atoms with E-state index in [9.17, 15) is 23.2 Å². The molecular weight excluding hydrogens is 454 g/mol. The van der Waals surface area contributed by atoms with Gasteiger partial charge in [-0.25, -0.2) is 13.5 Å². The van der Waals surface area contributed by atoms with E-state index in [2.05, 4.69) is 10.7 Å². The lowest BCUT2D eigenvalue weighted by atomic mass is 10.1. The van der Waals surface area contributed by atoms with Gasteiger partial charge in [0.15, 0.2) is 0 Å². The summed E-state index contributed by atoms with van der Waals surface area (Å²) >= 11 is 6.05. The molecule has 4 N–H and O–H groups in total. The molecule has 0 radical (unpaired) electrons. The SMILES string of the molecule is Cc1ccn(NCc2cc(F)ccc2Cl)c(=O)c1CC(=O)NC(=O)c1cc(F)ccc1CN. The number of benzene rings is 2. The van der Waals surface area contributed by atoms with E-state index in [1.807, 2.05) is 0 Å². The van der Waals surface area contributed by atoms with Crippen molar-refractivity contribution in [3.05, 3.63) is 103 Å². The van der Waals surface area contributed by atoms with Crippen molar-refractivity contribution >= 4 is 23.4 Å². The second kappa shape index (κ2) is 10.4. The fourth-order valence-electron chi connectivity index (χ4n) is 3.19. The molecule has 1 heterocycles. The third-order valence-electron chi connectivity index (χ3n) is 5.00. The minimum Gasteiger partial charge on any atom is -0.326 e. The summed E-state index contributed by atoms with van der Waals surface area (Å²) in [7, 11) is 0. The molecule has 3 aromatic rings. The number of imide groups is 1. The minimum absolute atomic E-state index is 0.0132. The van der Waals surface area contributed by atoms with Crippen LogP contribution in [0.25, 0.3) is 0 Å². The van der Waals surface area contributed by atoms with Gasteiger partial charge in [0.1, 0.15) is 11.6 Å². The van der Waals surface area contributed by atoms with Crippen molar-refractivity contribution in [2.45, 2.75) is 26.4 Å². The molecule has 3 rings (SSSR count). The topological polar surface area (TPSA) is 106 Å². The fraction of sp³-hybridized carbons (Fsp3) is 0.174. The number of nitrogens with zero attached hydrogens (tertiary/aromatic N) is 1. The standard InChI is InChI=1S/C23H21ClF2N4O3/c1-13-6-7-30(28-12-15-8-16(25)4-5-20(15)24)23(33)18(13)10-21(31)29-22(32)19-9-17(26)3-2-14(19)11-27/h2-9,28H,10-12,27H2,1H3,(H,29,31,32). The van der Waals surface area contributed by atoms with E-state index in [0.717, 1.165) is 10.7 Å². The first kappa shape index (κ1) is 24.1. The summed E-state index contributed by atoms with van der Waals surface area (Å²) in [5.41, 5.74) is 9.34. The number of aryl methyl sites for hydroxylation is 1. The van der Waals surface area contributed by atoms with Gasteiger partial charge in [0.2, 0.25) is 5.91 Å². The van der Waals surface area contributed by atoms with Gasteiger partial charge in [0.05, 0.1) is 13.0 Å². The van der Waals surface area contributed by atoms with E-state index in [1.165, 1.54) is 36.5 Å². The van der Waals surface area contributed by atoms with Crippen LogP contribution < -0.4 is 22.0 Å². The van der Waals surface area contributed by atoms with Gasteiger partial charge in [-0.3, -0.25) is 19.7 Å². The lowest BCUT2D eigenvalue weighted by molar-refractivity contribution is -0.119. The predicted octanol–water partition coefficient (Wildman–Crippen LogP) is 2.79. The van der Waals surface area contributed by atoms with Gasteiger partial charge in [-0.15, -0.1) is 0 Å². The lowest BCUT2D eigenvalue weighted by Crippen LogP contribution is -2.37. The highest BCUT2D eigenvalue weighted by Crippen LogP contribution is 2.17. The van der Waals surface area contributed by atoms with Crippen LogP contribution in [0, 0.1) is 18.6 Å². The molecule has 0 saturated carbocycles. The van der Waals surface area contributed by atoms with Crippen molar-refractivity contribution in [1.29, 1.82) is 0 Å². The van der Waals surface area contributed by atoms with Gasteiger partial charge in [0, 0.05) is 28.9 Å². The number of nitrogens with one attached hydrogen (secondary N) is 2. The highest BCUT2D eigenvalue weighted by Gasteiger charge is 2.18. The number of hydrogen-bond donors (Lipinski definition) is 3. The van der Waals surface area contributed by atoms with Crippen LogP contribution in [0.2, 0.25) is 5.02 Å². The monoisotopic (exact) mass is 474 g/mol. The van der Waals surface area contributed by atoms with Crippen LogP contribution in [-0.2, 0) is 24.3 Å². The molecular formula is C23H21ClF2N4O3. The third-order valence-corrected chi connectivity index (χ3v) is 5.37. The third kappa shape index (κ3) is 5.82. The number of pyridine rings is 1. The average molecular weight is 475 g/mol. The summed E-state index contributed by atoms with van der Waals surface area (Å²) in [4.78, 5) is 37.8. The number of amides is 2. The molecule has 2 amide bonds. The maximum absolute atomic E-state index is 13.5. The average Bonchev–Trinajstić information content (AvgIpc) is 2.78. The molecule has 10 heteroatoms. The van der Waals surface area contributed by atoms with Crippen molar-refractivity contribution in [2.24, 2.45) is 5.73 Å². The summed E-state index contributed by atoms with van der Waals surface area (Å²) in [5.74, 6) is -2.66. The molecule has 0 unspecified atom stereocenters. The van der Waals surface area contributed by atoms with Crippen molar-refractivity contribution in [3.63, 3.8) is 0 Å². The Kier molecular flexibility index (Phi) is 7.57. The molecule has 7 nitrogen and oxygen atoms in total. The Hall–Kier alpha value is -3.56. The Morgan fingerprint density at radius 2 is 1.76 bits per heavy atom. The summed E-state index contributed by atoms with van der Waals surface area (Å²) < 4.78 is 28.1. The zero-order valence-electron chi connectivity index (χ0n) is 17.6. The highest BCUT2D eigenvalue weighted by molar-refractivity contribution is 6.31. The van der Waals surface area contributed by atoms with Crippen molar-refractivity contribution in [2.75, 3.05) is 5.43 Å². The molecule has 172 valence electrons. The molecule has 0 saturated heterocycles. The smallest absolute Gasteiger partial charge is 0.272 e. The normalized spacial score (nSPS) is 10.7. The van der Waals surface area contributed by atoms with Crippen LogP contribution in [0.3, 0.4) is 0 Å². The van der Waals surface area contributed by atoms with Crippen LogP contribution in [0.15, 0.2) is 53.5 Å². The number of hydrogen-bond acceptors (Lipinski definition) is 5. The quantitative estimate of drug-likeness (QED) is 0.488. The van der Waals surface area contributed by atoms with Crippen LogP contribution >= 0.6 is 11.6 Å². The second-order valence-electron chi connectivity index (χ2n) is 7.28. The Balaban J connectivity index is 1.75. The molecule has 1 aromatic heterocycles. The highest BCUT2D eigenvalue weighted by atomic mass is 35.5. The maximum atomic E-state index is 13.5. The maximum Gasteiger partial charge on any atom is 0.272 e. The first-order valence-electron chi connectivity index (χ1n) is 9.91. The molecule has 33 heavy (non-hydrogen) atoms. The van der Waals surface area contributed by atoms with Gasteiger partial charge in [-0.2, -0.15) is 0 Å². The molecule has 0 aliphatic rings. The summed E-state index contributed by atoms with van der Waals surface area (Å²) in [6.45, 7) is 1.70. The largest absolute Gasteiger partial charge is 0.326 e. The van der Waals surface area contributed by atoms with Gasteiger partial charge in [-0.05, 0) is 60.0 Å². The van der Waals surface area contributed by atoms with Crippen LogP contribution in [-0.4, -0.2) is 16.5 Å². The summed E-state index contributed by atoms with van der Waals surface area (Å²) in [6.07, 6.45) is 1.09. The Labute approximate surface area is 193 Å². The molecule has 0 atom stereocenters. The van der Waals surface area contributed by atoms with E-state index in [0.29, 0.717) is 21.7 Å². The van der Waals surface area contributed by atoms with Crippen molar-refractivity contribution in [1.82, 2.24) is 9.99 Å². The minimum atomic E-state index is -0.812.